The summed E-state index contributed by atoms with van der Waals surface area (Å²) in [5.74, 6) is 1.14. The maximum Gasteiger partial charge on any atom is 0.259 e. The van der Waals surface area contributed by atoms with E-state index in [9.17, 15) is 4.79 Å². The lowest BCUT2D eigenvalue weighted by atomic mass is 9.96. The van der Waals surface area contributed by atoms with Gasteiger partial charge >= 0.3 is 0 Å². The fourth-order valence-electron chi connectivity index (χ4n) is 4.88. The van der Waals surface area contributed by atoms with Crippen molar-refractivity contribution in [3.63, 3.8) is 0 Å². The summed E-state index contributed by atoms with van der Waals surface area (Å²) in [5, 5.41) is 4.51. The Kier molecular flexibility index (Phi) is 10.1. The highest BCUT2D eigenvalue weighted by Crippen LogP contribution is 2.40. The number of nitrogens with one attached hydrogen (secondary N) is 1. The molecule has 5 rings (SSSR count). The molecule has 5 nitrogen and oxygen atoms in total. The highest BCUT2D eigenvalue weighted by Gasteiger charge is 2.24. The van der Waals surface area contributed by atoms with Crippen molar-refractivity contribution in [2.24, 2.45) is 4.99 Å². The molecule has 1 aromatic heterocycles. The minimum Gasteiger partial charge on any atom is -0.490 e. The summed E-state index contributed by atoms with van der Waals surface area (Å²) in [4.78, 5) is 19.8. The number of rotatable bonds is 9. The molecule has 212 valence electrons. The van der Waals surface area contributed by atoms with Gasteiger partial charge in [-0.05, 0) is 102 Å². The zero-order valence-electron chi connectivity index (χ0n) is 22.9. The van der Waals surface area contributed by atoms with Crippen LogP contribution in [0.5, 0.6) is 11.5 Å². The Morgan fingerprint density at radius 1 is 1.02 bits per heavy atom. The highest BCUT2D eigenvalue weighted by molar-refractivity contribution is 9.10. The molecule has 0 bridgehead atoms. The SMILES string of the molecule is CCOc1cc(C=Nc2sc3c(c2C(=O)Nc2ccccc2)CCCCCC3)cc(Br)c1OCc1ccc(Cl)cc1. The first kappa shape index (κ1) is 29.4. The summed E-state index contributed by atoms with van der Waals surface area (Å²) < 4.78 is 12.8. The van der Waals surface area contributed by atoms with E-state index in [1.165, 1.54) is 17.7 Å². The lowest BCUT2D eigenvalue weighted by Gasteiger charge is -2.15. The fraction of sp³-hybridized carbons (Fsp3) is 0.273. The number of para-hydroxylation sites is 1. The second-order valence-electron chi connectivity index (χ2n) is 9.85. The van der Waals surface area contributed by atoms with Gasteiger partial charge in [-0.15, -0.1) is 11.3 Å². The summed E-state index contributed by atoms with van der Waals surface area (Å²) in [7, 11) is 0. The smallest absolute Gasteiger partial charge is 0.259 e. The van der Waals surface area contributed by atoms with Crippen molar-refractivity contribution in [3.8, 4) is 11.5 Å². The van der Waals surface area contributed by atoms with Gasteiger partial charge in [0.25, 0.3) is 5.91 Å². The van der Waals surface area contributed by atoms with E-state index in [0.29, 0.717) is 35.3 Å². The average molecular weight is 652 g/mol. The molecule has 0 unspecified atom stereocenters. The van der Waals surface area contributed by atoms with Crippen LogP contribution in [-0.2, 0) is 19.4 Å². The number of nitrogens with zero attached hydrogens (tertiary/aromatic N) is 1. The van der Waals surface area contributed by atoms with Gasteiger partial charge in [-0.25, -0.2) is 4.99 Å². The number of anilines is 1. The van der Waals surface area contributed by atoms with Crippen LogP contribution in [0.15, 0.2) is 76.2 Å². The molecule has 1 amide bonds. The van der Waals surface area contributed by atoms with Crippen LogP contribution in [0.25, 0.3) is 0 Å². The molecule has 3 aromatic carbocycles. The largest absolute Gasteiger partial charge is 0.490 e. The minimum absolute atomic E-state index is 0.108. The van der Waals surface area contributed by atoms with Crippen molar-refractivity contribution in [2.75, 3.05) is 11.9 Å². The van der Waals surface area contributed by atoms with E-state index in [1.54, 1.807) is 17.6 Å². The molecular weight excluding hydrogens is 620 g/mol. The van der Waals surface area contributed by atoms with Gasteiger partial charge in [0.2, 0.25) is 0 Å². The van der Waals surface area contributed by atoms with Crippen LogP contribution in [0.2, 0.25) is 5.02 Å². The zero-order chi connectivity index (χ0) is 28.6. The summed E-state index contributed by atoms with van der Waals surface area (Å²) in [6, 6.07) is 21.0. The Labute approximate surface area is 258 Å². The highest BCUT2D eigenvalue weighted by atomic mass is 79.9. The van der Waals surface area contributed by atoms with Crippen LogP contribution in [0.4, 0.5) is 10.7 Å². The molecule has 0 spiro atoms. The minimum atomic E-state index is -0.108. The van der Waals surface area contributed by atoms with Gasteiger partial charge in [-0.2, -0.15) is 0 Å². The maximum atomic E-state index is 13.6. The number of hydrogen-bond donors (Lipinski definition) is 1. The second-order valence-corrected chi connectivity index (χ2v) is 12.2. The predicted molar refractivity (Wildman–Crippen MR) is 173 cm³/mol. The van der Waals surface area contributed by atoms with Crippen molar-refractivity contribution in [2.45, 2.75) is 52.1 Å². The van der Waals surface area contributed by atoms with Crippen molar-refractivity contribution in [1.29, 1.82) is 0 Å². The van der Waals surface area contributed by atoms with E-state index in [0.717, 1.165) is 57.5 Å². The first-order chi connectivity index (χ1) is 20.0. The molecule has 0 atom stereocenters. The van der Waals surface area contributed by atoms with Crippen LogP contribution in [0.1, 0.15) is 64.5 Å². The third-order valence-electron chi connectivity index (χ3n) is 6.87. The van der Waals surface area contributed by atoms with E-state index < -0.39 is 0 Å². The van der Waals surface area contributed by atoms with Gasteiger partial charge in [0.15, 0.2) is 11.5 Å². The van der Waals surface area contributed by atoms with E-state index in [2.05, 4.69) is 21.2 Å². The second kappa shape index (κ2) is 14.2. The van der Waals surface area contributed by atoms with Crippen LogP contribution < -0.4 is 14.8 Å². The van der Waals surface area contributed by atoms with Crippen molar-refractivity contribution < 1.29 is 14.3 Å². The van der Waals surface area contributed by atoms with Crippen LogP contribution >= 0.6 is 38.9 Å². The normalized spacial score (nSPS) is 13.3. The number of hydrogen-bond acceptors (Lipinski definition) is 5. The van der Waals surface area contributed by atoms with E-state index in [-0.39, 0.29) is 5.91 Å². The Morgan fingerprint density at radius 2 is 1.78 bits per heavy atom. The van der Waals surface area contributed by atoms with Crippen molar-refractivity contribution in [1.82, 2.24) is 0 Å². The summed E-state index contributed by atoms with van der Waals surface area (Å²) in [6.07, 6.45) is 8.32. The van der Waals surface area contributed by atoms with Crippen LogP contribution in [0, 0.1) is 0 Å². The average Bonchev–Trinajstić information content (AvgIpc) is 3.29. The summed E-state index contributed by atoms with van der Waals surface area (Å²) in [5.41, 5.74) is 4.47. The fourth-order valence-corrected chi connectivity index (χ4v) is 6.81. The van der Waals surface area contributed by atoms with Crippen LogP contribution in [-0.4, -0.2) is 18.7 Å². The number of amides is 1. The molecule has 41 heavy (non-hydrogen) atoms. The number of fused-ring (bicyclic) bond motifs is 1. The quantitative estimate of drug-likeness (QED) is 0.183. The molecule has 1 heterocycles. The molecule has 1 N–H and O–H groups in total. The van der Waals surface area contributed by atoms with Gasteiger partial charge < -0.3 is 14.8 Å². The van der Waals surface area contributed by atoms with E-state index >= 15 is 0 Å². The number of ether oxygens (including phenoxy) is 2. The van der Waals surface area contributed by atoms with Gasteiger partial charge in [-0.3, -0.25) is 4.79 Å². The Bertz CT molecular complexity index is 1520. The number of halogens is 2. The van der Waals surface area contributed by atoms with Gasteiger partial charge in [-0.1, -0.05) is 54.8 Å². The Balaban J connectivity index is 1.44. The molecule has 0 saturated carbocycles. The number of carbonyl (C=O) groups is 1. The van der Waals surface area contributed by atoms with Gasteiger partial charge in [0.1, 0.15) is 11.6 Å². The summed E-state index contributed by atoms with van der Waals surface area (Å²) >= 11 is 11.3. The Hall–Kier alpha value is -3.13. The van der Waals surface area contributed by atoms with Crippen LogP contribution in [0.3, 0.4) is 0 Å². The molecule has 1 aliphatic rings. The number of benzene rings is 3. The first-order valence-electron chi connectivity index (χ1n) is 13.9. The third kappa shape index (κ3) is 7.59. The number of aliphatic imine (C=N–C) groups is 1. The monoisotopic (exact) mass is 650 g/mol. The lowest BCUT2D eigenvalue weighted by molar-refractivity contribution is 0.102. The van der Waals surface area contributed by atoms with E-state index in [1.807, 2.05) is 73.7 Å². The lowest BCUT2D eigenvalue weighted by Crippen LogP contribution is -2.14. The third-order valence-corrected chi connectivity index (χ3v) is 8.91. The molecule has 1 aliphatic carbocycles. The molecule has 4 aromatic rings. The number of carbonyl (C=O) groups excluding carboxylic acids is 1. The van der Waals surface area contributed by atoms with Crippen molar-refractivity contribution in [3.05, 3.63) is 103 Å². The van der Waals surface area contributed by atoms with E-state index in [4.69, 9.17) is 26.1 Å². The molecule has 0 saturated heterocycles. The molecule has 0 aliphatic heterocycles. The molecule has 0 radical (unpaired) electrons. The Morgan fingerprint density at radius 3 is 2.54 bits per heavy atom. The van der Waals surface area contributed by atoms with Gasteiger partial charge in [0, 0.05) is 21.8 Å². The predicted octanol–water partition coefficient (Wildman–Crippen LogP) is 9.80. The summed E-state index contributed by atoms with van der Waals surface area (Å²) in [6.45, 7) is 2.81. The molecular formula is C33H32BrClN2O3S. The molecule has 8 heteroatoms. The van der Waals surface area contributed by atoms with Gasteiger partial charge in [0.05, 0.1) is 16.6 Å². The van der Waals surface area contributed by atoms with Crippen molar-refractivity contribution >= 4 is 61.7 Å². The number of aryl methyl sites for hydroxylation is 1. The molecule has 0 fully saturated rings. The first-order valence-corrected chi connectivity index (χ1v) is 15.9. The number of thiophene rings is 1. The standard InChI is InChI=1S/C33H32BrClN2O3S/c1-2-39-28-19-23(18-27(34)31(28)40-21-22-14-16-24(35)17-15-22)20-36-33-30(32(38)37-25-10-6-5-7-11-25)26-12-8-3-4-9-13-29(26)41-33/h5-7,10-11,14-20H,2-4,8-9,12-13,21H2,1H3,(H,37,38). The zero-order valence-corrected chi connectivity index (χ0v) is 26.1. The topological polar surface area (TPSA) is 59.9 Å². The maximum absolute atomic E-state index is 13.6.